The molecule has 2 aromatic rings. The quantitative estimate of drug-likeness (QED) is 0.0320. The van der Waals surface area contributed by atoms with E-state index >= 15 is 0 Å². The predicted octanol–water partition coefficient (Wildman–Crippen LogP) is 4.66. The summed E-state index contributed by atoms with van der Waals surface area (Å²) in [5, 5.41) is 9.22. The van der Waals surface area contributed by atoms with Crippen molar-refractivity contribution < 1.29 is 90.0 Å². The first-order valence-electron chi connectivity index (χ1n) is 22.9. The maximum atomic E-state index is 12.4. The zero-order valence-electron chi connectivity index (χ0n) is 40.1. The van der Waals surface area contributed by atoms with Gasteiger partial charge in [-0.05, 0) is 87.9 Å². The van der Waals surface area contributed by atoms with E-state index in [0.29, 0.717) is 100 Å². The van der Waals surface area contributed by atoms with Gasteiger partial charge in [0, 0.05) is 67.6 Å². The van der Waals surface area contributed by atoms with E-state index in [1.165, 1.54) is 24.3 Å². The minimum absolute atomic E-state index is 0.00432. The van der Waals surface area contributed by atoms with Crippen LogP contribution < -0.4 is 4.90 Å². The lowest BCUT2D eigenvalue weighted by Crippen LogP contribution is -2.32. The maximum Gasteiger partial charge on any atom is 0.303 e. The monoisotopic (exact) mass is 1080 g/mol. The first-order chi connectivity index (χ1) is 33.3. The average molecular weight is 1080 g/mol. The van der Waals surface area contributed by atoms with Crippen molar-refractivity contribution in [3.63, 3.8) is 0 Å². The third-order valence-electron chi connectivity index (χ3n) is 12.2. The van der Waals surface area contributed by atoms with Gasteiger partial charge in [-0.2, -0.15) is 29.8 Å². The Labute approximate surface area is 417 Å². The van der Waals surface area contributed by atoms with E-state index in [1.54, 1.807) is 49.0 Å². The number of carboxylic acids is 1. The zero-order valence-corrected chi connectivity index (χ0v) is 43.4. The van der Waals surface area contributed by atoms with Gasteiger partial charge in [0.05, 0.1) is 79.6 Å². The van der Waals surface area contributed by atoms with E-state index in [-0.39, 0.29) is 56.9 Å². The van der Waals surface area contributed by atoms with E-state index in [1.807, 2.05) is 17.9 Å². The molecule has 0 aliphatic carbocycles. The second kappa shape index (κ2) is 26.8. The Morgan fingerprint density at radius 1 is 0.676 bits per heavy atom. The van der Waals surface area contributed by atoms with Crippen LogP contribution in [-0.2, 0) is 79.8 Å². The molecule has 4 N–H and O–H groups in total. The molecule has 2 atom stereocenters. The highest BCUT2D eigenvalue weighted by Gasteiger charge is 2.48. The van der Waals surface area contributed by atoms with Gasteiger partial charge in [-0.3, -0.25) is 18.5 Å². The molecule has 0 bridgehead atoms. The number of allylic oxidation sites excluding steroid dienone is 6. The van der Waals surface area contributed by atoms with Gasteiger partial charge < -0.3 is 38.2 Å². The fraction of sp³-hybridized carbons (Fsp3) is 0.565. The van der Waals surface area contributed by atoms with Crippen molar-refractivity contribution in [3.8, 4) is 0 Å². The summed E-state index contributed by atoms with van der Waals surface area (Å²) in [5.74, 6) is -2.16. The van der Waals surface area contributed by atoms with Crippen LogP contribution in [0, 0.1) is 0 Å². The van der Waals surface area contributed by atoms with Gasteiger partial charge in [-0.1, -0.05) is 24.6 Å². The first kappa shape index (κ1) is 59.6. The van der Waals surface area contributed by atoms with Crippen molar-refractivity contribution in [2.45, 2.75) is 85.8 Å². The number of hydrogen-bond acceptors (Lipinski definition) is 16. The molecule has 0 amide bonds. The average Bonchev–Trinajstić information content (AvgIpc) is 3.64. The highest BCUT2D eigenvalue weighted by Crippen LogP contribution is 2.51. The largest absolute Gasteiger partial charge is 0.744 e. The lowest BCUT2D eigenvalue weighted by Gasteiger charge is -2.30. The first-order valence-corrected chi connectivity index (χ1v) is 29.0. The normalized spacial score (nSPS) is 19.2. The number of benzene rings is 2. The minimum Gasteiger partial charge on any atom is -0.744 e. The van der Waals surface area contributed by atoms with Gasteiger partial charge in [0.15, 0.2) is 5.71 Å². The van der Waals surface area contributed by atoms with Crippen molar-refractivity contribution >= 4 is 63.5 Å². The molecule has 0 saturated carbocycles. The molecule has 21 nitrogen and oxygen atoms in total. The van der Waals surface area contributed by atoms with Crippen LogP contribution in [-0.4, -0.2) is 164 Å². The standard InChI is InChI=1S/C46H66N2O19S4/c1-45(19-10-32-68(51,52)53)38-34-36(70(57,58)59)15-17-40(38)48(22-11-33-69(54,55)56)42(45)12-6-4-7-13-43-46(2,20-23-64-26-27-66-30-31-67-29-28-65-25-24-63-3)39-35-37(71(60,61)62)16-18-41(39)47(43)21-9-5-8-14-44(49)50/h4,6-7,12-13,15-18,34-35H,5,8-11,14,19-33H2,1-3H3,(H4-,49,50,51,52,53,54,55,56,57,58,59,60,61,62). The van der Waals surface area contributed by atoms with Crippen LogP contribution in [0.3, 0.4) is 0 Å². The predicted molar refractivity (Wildman–Crippen MR) is 261 cm³/mol. The van der Waals surface area contributed by atoms with Crippen molar-refractivity contribution in [1.82, 2.24) is 0 Å². The molecule has 2 aliphatic rings. The second-order valence-electron chi connectivity index (χ2n) is 17.4. The van der Waals surface area contributed by atoms with Crippen LogP contribution in [0.15, 0.2) is 82.3 Å². The number of nitrogens with zero attached hydrogens (tertiary/aromatic N) is 2. The summed E-state index contributed by atoms with van der Waals surface area (Å²) < 4.78 is 167. The van der Waals surface area contributed by atoms with Gasteiger partial charge in [0.25, 0.3) is 30.4 Å². The molecule has 2 heterocycles. The SMILES string of the molecule is COCCOCCOCCOCCOCCC1(C)C(=CC=CC=CC2=[N+](CCCS(=O)(=O)O)c3ccc(S(=O)(=O)[O-])cc3C2(C)CCCS(=O)(=O)O)N(CCCCCC(=O)O)c2ccc(S(=O)(=O)O)cc21. The Balaban J connectivity index is 1.69. The zero-order chi connectivity index (χ0) is 52.5. The fourth-order valence-corrected chi connectivity index (χ4v) is 10.7. The van der Waals surface area contributed by atoms with Crippen LogP contribution in [0.25, 0.3) is 0 Å². The second-order valence-corrected chi connectivity index (χ2v) is 23.3. The highest BCUT2D eigenvalue weighted by atomic mass is 32.2. The third-order valence-corrected chi connectivity index (χ3v) is 15.5. The smallest absolute Gasteiger partial charge is 0.303 e. The summed E-state index contributed by atoms with van der Waals surface area (Å²) in [6.07, 6.45) is 10.3. The lowest BCUT2D eigenvalue weighted by molar-refractivity contribution is -0.437. The van der Waals surface area contributed by atoms with Crippen molar-refractivity contribution in [2.75, 3.05) is 96.1 Å². The molecular formula is C46H66N2O19S4. The Kier molecular flexibility index (Phi) is 22.5. The number of fused-ring (bicyclic) bond motifs is 2. The number of ether oxygens (including phenoxy) is 5. The Bertz CT molecular complexity index is 2720. The molecule has 71 heavy (non-hydrogen) atoms. The third kappa shape index (κ3) is 18.2. The number of anilines is 1. The summed E-state index contributed by atoms with van der Waals surface area (Å²) in [7, 11) is -16.8. The molecule has 0 aromatic heterocycles. The number of rotatable bonds is 34. The number of aliphatic carboxylic acids is 1. The molecular weight excluding hydrogens is 1010 g/mol. The van der Waals surface area contributed by atoms with Gasteiger partial charge in [-0.15, -0.1) is 0 Å². The van der Waals surface area contributed by atoms with Gasteiger partial charge >= 0.3 is 5.97 Å². The Morgan fingerprint density at radius 2 is 1.25 bits per heavy atom. The number of unbranched alkanes of at least 4 members (excludes halogenated alkanes) is 2. The highest BCUT2D eigenvalue weighted by molar-refractivity contribution is 7.86. The van der Waals surface area contributed by atoms with E-state index in [4.69, 9.17) is 23.7 Å². The van der Waals surface area contributed by atoms with Crippen LogP contribution in [0.5, 0.6) is 0 Å². The van der Waals surface area contributed by atoms with Crippen LogP contribution in [0.2, 0.25) is 0 Å². The maximum absolute atomic E-state index is 12.4. The fourth-order valence-electron chi connectivity index (χ4n) is 8.66. The Morgan fingerprint density at radius 3 is 1.83 bits per heavy atom. The number of carbonyl (C=O) groups is 1. The van der Waals surface area contributed by atoms with Crippen LogP contribution >= 0.6 is 0 Å². The van der Waals surface area contributed by atoms with Crippen LogP contribution in [0.1, 0.15) is 76.3 Å². The summed E-state index contributed by atoms with van der Waals surface area (Å²) in [6.45, 7) is 7.23. The van der Waals surface area contributed by atoms with Gasteiger partial charge in [0.1, 0.15) is 16.7 Å². The molecule has 0 saturated heterocycles. The lowest BCUT2D eigenvalue weighted by atomic mass is 9.76. The van der Waals surface area contributed by atoms with E-state index in [2.05, 4.69) is 0 Å². The molecule has 0 spiro atoms. The summed E-state index contributed by atoms with van der Waals surface area (Å²) in [6, 6.07) is 8.05. The molecule has 2 unspecified atom stereocenters. The van der Waals surface area contributed by atoms with E-state index < -0.39 is 73.7 Å². The van der Waals surface area contributed by atoms with Crippen molar-refractivity contribution in [1.29, 1.82) is 0 Å². The molecule has 398 valence electrons. The molecule has 2 aliphatic heterocycles. The molecule has 25 heteroatoms. The van der Waals surface area contributed by atoms with E-state index in [9.17, 15) is 61.8 Å². The summed E-state index contributed by atoms with van der Waals surface area (Å²) >= 11 is 0. The van der Waals surface area contributed by atoms with Crippen molar-refractivity contribution in [3.05, 3.63) is 83.6 Å². The molecule has 2 aromatic carbocycles. The van der Waals surface area contributed by atoms with Gasteiger partial charge in [-0.25, -0.2) is 8.42 Å². The topological polar surface area (TPSA) is 310 Å². The molecule has 0 radical (unpaired) electrons. The number of hydrogen-bond donors (Lipinski definition) is 4. The number of carboxylic acid groups (broad SMARTS) is 1. The summed E-state index contributed by atoms with van der Waals surface area (Å²) in [5.41, 5.74) is 1.09. The Hall–Kier alpha value is -3.96. The minimum atomic E-state index is -4.95. The molecule has 0 fully saturated rings. The van der Waals surface area contributed by atoms with Crippen molar-refractivity contribution in [2.24, 2.45) is 0 Å². The van der Waals surface area contributed by atoms with Gasteiger partial charge in [0.2, 0.25) is 5.69 Å². The summed E-state index contributed by atoms with van der Waals surface area (Å²) in [4.78, 5) is 12.4. The van der Waals surface area contributed by atoms with E-state index in [0.717, 1.165) is 11.8 Å². The molecule has 4 rings (SSSR count). The number of methoxy groups -OCH3 is 1. The van der Waals surface area contributed by atoms with Crippen LogP contribution in [0.4, 0.5) is 11.4 Å².